The standard InChI is InChI=1S/C26H31N5O3S/c1-6-7-15-35-26-29-25-27-17(3)21(24(32)28-18-13-11-16(2)12-14-18)22(31(25)30-26)19-9-8-10-20(33-4)23(19)34-5/h8-14,22H,6-7,15H2,1-5H3,(H,28,32)(H,27,29,30). The topological polar surface area (TPSA) is 90.3 Å². The van der Waals surface area contributed by atoms with E-state index < -0.39 is 6.04 Å². The highest BCUT2D eigenvalue weighted by Gasteiger charge is 2.36. The highest BCUT2D eigenvalue weighted by molar-refractivity contribution is 7.99. The molecule has 0 saturated carbocycles. The Morgan fingerprint density at radius 3 is 2.60 bits per heavy atom. The summed E-state index contributed by atoms with van der Waals surface area (Å²) >= 11 is 1.61. The SMILES string of the molecule is CCCCSc1nc2n(n1)C(c1cccc(OC)c1OC)C(C(=O)Nc1ccc(C)cc1)=C(C)N2. The number of carbonyl (C=O) groups excluding carboxylic acids is 1. The second-order valence-electron chi connectivity index (χ2n) is 8.33. The van der Waals surface area contributed by atoms with Gasteiger partial charge in [-0.3, -0.25) is 4.79 Å². The average molecular weight is 494 g/mol. The van der Waals surface area contributed by atoms with E-state index in [-0.39, 0.29) is 5.91 Å². The zero-order chi connectivity index (χ0) is 24.9. The predicted octanol–water partition coefficient (Wildman–Crippen LogP) is 5.42. The first-order valence-corrected chi connectivity index (χ1v) is 12.6. The molecule has 2 heterocycles. The number of hydrogen-bond donors (Lipinski definition) is 2. The number of nitrogens with zero attached hydrogens (tertiary/aromatic N) is 3. The molecule has 3 aromatic rings. The summed E-state index contributed by atoms with van der Waals surface area (Å²) < 4.78 is 13.1. The molecule has 0 saturated heterocycles. The van der Waals surface area contributed by atoms with Crippen molar-refractivity contribution >= 4 is 29.3 Å². The van der Waals surface area contributed by atoms with Crippen molar-refractivity contribution in [3.05, 3.63) is 64.9 Å². The van der Waals surface area contributed by atoms with Gasteiger partial charge in [0.25, 0.3) is 5.91 Å². The minimum absolute atomic E-state index is 0.227. The number of rotatable bonds is 9. The monoisotopic (exact) mass is 493 g/mol. The number of ether oxygens (including phenoxy) is 2. The maximum absolute atomic E-state index is 13.7. The van der Waals surface area contributed by atoms with Crippen molar-refractivity contribution in [2.45, 2.75) is 44.8 Å². The first kappa shape index (κ1) is 24.7. The number of allylic oxidation sites excluding steroid dienone is 1. The first-order chi connectivity index (χ1) is 17.0. The molecule has 1 aromatic heterocycles. The van der Waals surface area contributed by atoms with Crippen LogP contribution in [0.2, 0.25) is 0 Å². The van der Waals surface area contributed by atoms with Gasteiger partial charge in [0, 0.05) is 22.7 Å². The third-order valence-electron chi connectivity index (χ3n) is 5.84. The molecule has 1 unspecified atom stereocenters. The number of benzene rings is 2. The number of para-hydroxylation sites is 1. The fourth-order valence-corrected chi connectivity index (χ4v) is 4.96. The van der Waals surface area contributed by atoms with Crippen LogP contribution in [0.4, 0.5) is 11.6 Å². The van der Waals surface area contributed by atoms with Gasteiger partial charge in [0.05, 0.1) is 19.8 Å². The van der Waals surface area contributed by atoms with Gasteiger partial charge in [-0.2, -0.15) is 4.98 Å². The Morgan fingerprint density at radius 1 is 1.14 bits per heavy atom. The maximum atomic E-state index is 13.7. The molecule has 0 fully saturated rings. The van der Waals surface area contributed by atoms with Gasteiger partial charge in [-0.05, 0) is 38.5 Å². The van der Waals surface area contributed by atoms with Crippen LogP contribution in [0, 0.1) is 6.92 Å². The molecule has 2 N–H and O–H groups in total. The summed E-state index contributed by atoms with van der Waals surface area (Å²) in [5.41, 5.74) is 3.83. The Labute approximate surface area is 210 Å². The van der Waals surface area contributed by atoms with E-state index in [4.69, 9.17) is 19.6 Å². The number of thioether (sulfide) groups is 1. The Bertz CT molecular complexity index is 1240. The number of carbonyl (C=O) groups is 1. The molecule has 1 atom stereocenters. The van der Waals surface area contributed by atoms with Crippen LogP contribution in [0.15, 0.2) is 58.9 Å². The molecular formula is C26H31N5O3S. The maximum Gasteiger partial charge on any atom is 0.255 e. The molecule has 35 heavy (non-hydrogen) atoms. The summed E-state index contributed by atoms with van der Waals surface area (Å²) in [7, 11) is 3.19. The van der Waals surface area contributed by atoms with Gasteiger partial charge in [-0.15, -0.1) is 5.10 Å². The van der Waals surface area contributed by atoms with Gasteiger partial charge in [-0.25, -0.2) is 4.68 Å². The van der Waals surface area contributed by atoms with Crippen LogP contribution in [0.25, 0.3) is 0 Å². The molecular weight excluding hydrogens is 462 g/mol. The zero-order valence-corrected chi connectivity index (χ0v) is 21.5. The van der Waals surface area contributed by atoms with E-state index in [1.807, 2.05) is 56.3 Å². The van der Waals surface area contributed by atoms with Gasteiger partial charge in [-0.1, -0.05) is 54.9 Å². The van der Waals surface area contributed by atoms with Crippen LogP contribution in [-0.2, 0) is 4.79 Å². The molecule has 0 bridgehead atoms. The Kier molecular flexibility index (Phi) is 7.65. The summed E-state index contributed by atoms with van der Waals surface area (Å²) in [5, 5.41) is 11.8. The molecule has 9 heteroatoms. The van der Waals surface area contributed by atoms with Crippen molar-refractivity contribution < 1.29 is 14.3 Å². The van der Waals surface area contributed by atoms with E-state index in [0.717, 1.165) is 35.4 Å². The number of nitrogens with one attached hydrogen (secondary N) is 2. The van der Waals surface area contributed by atoms with Crippen LogP contribution in [-0.4, -0.2) is 40.6 Å². The lowest BCUT2D eigenvalue weighted by Gasteiger charge is -2.29. The van der Waals surface area contributed by atoms with Gasteiger partial charge in [0.15, 0.2) is 11.5 Å². The molecule has 1 aliphatic heterocycles. The largest absolute Gasteiger partial charge is 0.493 e. The van der Waals surface area contributed by atoms with Crippen molar-refractivity contribution in [2.75, 3.05) is 30.6 Å². The molecule has 1 amide bonds. The van der Waals surface area contributed by atoms with Gasteiger partial charge in [0.2, 0.25) is 11.1 Å². The molecule has 2 aromatic carbocycles. The quantitative estimate of drug-likeness (QED) is 0.304. The zero-order valence-electron chi connectivity index (χ0n) is 20.7. The molecule has 184 valence electrons. The summed E-state index contributed by atoms with van der Waals surface area (Å²) in [4.78, 5) is 18.4. The number of aryl methyl sites for hydroxylation is 1. The van der Waals surface area contributed by atoms with E-state index >= 15 is 0 Å². The summed E-state index contributed by atoms with van der Waals surface area (Å²) in [6, 6.07) is 12.8. The summed E-state index contributed by atoms with van der Waals surface area (Å²) in [6.45, 7) is 6.05. The van der Waals surface area contributed by atoms with Crippen LogP contribution in [0.5, 0.6) is 11.5 Å². The fraction of sp³-hybridized carbons (Fsp3) is 0.346. The molecule has 0 radical (unpaired) electrons. The Hall–Kier alpha value is -3.46. The molecule has 0 spiro atoms. The van der Waals surface area contributed by atoms with Crippen molar-refractivity contribution in [1.82, 2.24) is 14.8 Å². The number of hydrogen-bond acceptors (Lipinski definition) is 7. The van der Waals surface area contributed by atoms with Crippen LogP contribution >= 0.6 is 11.8 Å². The lowest BCUT2D eigenvalue weighted by Crippen LogP contribution is -2.31. The van der Waals surface area contributed by atoms with E-state index in [1.54, 1.807) is 30.7 Å². The van der Waals surface area contributed by atoms with Crippen molar-refractivity contribution in [1.29, 1.82) is 0 Å². The van der Waals surface area contributed by atoms with Gasteiger partial charge >= 0.3 is 0 Å². The van der Waals surface area contributed by atoms with Crippen molar-refractivity contribution in [3.63, 3.8) is 0 Å². The number of fused-ring (bicyclic) bond motifs is 1. The second kappa shape index (κ2) is 10.9. The summed E-state index contributed by atoms with van der Waals surface area (Å²) in [6.07, 6.45) is 2.18. The second-order valence-corrected chi connectivity index (χ2v) is 9.40. The number of aromatic nitrogens is 3. The van der Waals surface area contributed by atoms with Gasteiger partial charge < -0.3 is 20.1 Å². The van der Waals surface area contributed by atoms with Crippen molar-refractivity contribution in [2.24, 2.45) is 0 Å². The lowest BCUT2D eigenvalue weighted by atomic mass is 9.94. The lowest BCUT2D eigenvalue weighted by molar-refractivity contribution is -0.113. The fourth-order valence-electron chi connectivity index (χ4n) is 4.04. The minimum atomic E-state index is -0.560. The minimum Gasteiger partial charge on any atom is -0.493 e. The highest BCUT2D eigenvalue weighted by Crippen LogP contribution is 2.43. The van der Waals surface area contributed by atoms with Crippen molar-refractivity contribution in [3.8, 4) is 11.5 Å². The third-order valence-corrected chi connectivity index (χ3v) is 6.77. The normalized spacial score (nSPS) is 14.8. The molecule has 0 aliphatic carbocycles. The van der Waals surface area contributed by atoms with E-state index in [9.17, 15) is 4.79 Å². The highest BCUT2D eigenvalue weighted by atomic mass is 32.2. The molecule has 8 nitrogen and oxygen atoms in total. The van der Waals surface area contributed by atoms with Crippen LogP contribution < -0.4 is 20.1 Å². The van der Waals surface area contributed by atoms with Crippen LogP contribution in [0.3, 0.4) is 0 Å². The molecule has 4 rings (SSSR count). The third kappa shape index (κ3) is 5.14. The predicted molar refractivity (Wildman–Crippen MR) is 139 cm³/mol. The Morgan fingerprint density at radius 2 is 1.91 bits per heavy atom. The number of amides is 1. The van der Waals surface area contributed by atoms with E-state index in [2.05, 4.69) is 17.6 Å². The number of anilines is 2. The van der Waals surface area contributed by atoms with Crippen LogP contribution in [0.1, 0.15) is 43.9 Å². The van der Waals surface area contributed by atoms with Gasteiger partial charge in [0.1, 0.15) is 6.04 Å². The summed E-state index contributed by atoms with van der Waals surface area (Å²) in [5.74, 6) is 2.43. The Balaban J connectivity index is 1.80. The number of unbranched alkanes of at least 4 members (excludes halogenated alkanes) is 1. The van der Waals surface area contributed by atoms with E-state index in [1.165, 1.54) is 0 Å². The average Bonchev–Trinajstić information content (AvgIpc) is 3.26. The molecule has 1 aliphatic rings. The number of methoxy groups -OCH3 is 2. The van der Waals surface area contributed by atoms with E-state index in [0.29, 0.717) is 33.9 Å². The first-order valence-electron chi connectivity index (χ1n) is 11.6. The smallest absolute Gasteiger partial charge is 0.255 e.